The van der Waals surface area contributed by atoms with Gasteiger partial charge in [-0.25, -0.2) is 9.38 Å². The van der Waals surface area contributed by atoms with Crippen molar-refractivity contribution in [2.75, 3.05) is 12.4 Å². The lowest BCUT2D eigenvalue weighted by molar-refractivity contribution is -0.113. The van der Waals surface area contributed by atoms with Crippen molar-refractivity contribution in [3.05, 3.63) is 125 Å². The van der Waals surface area contributed by atoms with Gasteiger partial charge in [-0.1, -0.05) is 47.7 Å². The van der Waals surface area contributed by atoms with Crippen molar-refractivity contribution < 1.29 is 13.9 Å². The largest absolute Gasteiger partial charge is 0.496 e. The van der Waals surface area contributed by atoms with E-state index in [9.17, 15) is 14.0 Å². The van der Waals surface area contributed by atoms with Crippen LogP contribution in [0.25, 0.3) is 6.08 Å². The summed E-state index contributed by atoms with van der Waals surface area (Å²) in [4.78, 5) is 32.3. The highest BCUT2D eigenvalue weighted by atomic mass is 79.9. The smallest absolute Gasteiger partial charge is 0.271 e. The predicted molar refractivity (Wildman–Crippen MR) is 146 cm³/mol. The third-order valence-corrected chi connectivity index (χ3v) is 7.56. The fourth-order valence-electron chi connectivity index (χ4n) is 4.22. The minimum atomic E-state index is -0.773. The molecule has 4 aromatic rings. The molecule has 2 heterocycles. The molecule has 0 saturated carbocycles. The summed E-state index contributed by atoms with van der Waals surface area (Å²) in [5, 5.41) is 2.90. The Balaban J connectivity index is 1.66. The summed E-state index contributed by atoms with van der Waals surface area (Å²) in [5.74, 6) is -0.105. The molecule has 1 amide bonds. The van der Waals surface area contributed by atoms with Crippen LogP contribution in [-0.4, -0.2) is 17.6 Å². The Hall–Kier alpha value is -3.82. The molecule has 1 atom stereocenters. The van der Waals surface area contributed by atoms with E-state index in [1.54, 1.807) is 44.4 Å². The standard InChI is InChI=1S/C28H21BrFN3O3S/c1-16-24(26(34)32-20-6-4-3-5-7-20)25(18-9-11-19(30)12-10-18)33-27(35)23(37-28(33)31-16)15-17-8-13-22(36-2)21(29)14-17/h3-15,25H,1-2H3,(H,32,34)/b23-15-. The van der Waals surface area contributed by atoms with Gasteiger partial charge in [0.05, 0.1) is 33.4 Å². The molecule has 0 aliphatic carbocycles. The molecule has 1 aromatic heterocycles. The maximum absolute atomic E-state index is 13.8. The molecule has 1 aliphatic rings. The molecule has 3 aromatic carbocycles. The summed E-state index contributed by atoms with van der Waals surface area (Å²) < 4.78 is 21.8. The number of para-hydroxylation sites is 1. The number of anilines is 1. The van der Waals surface area contributed by atoms with Gasteiger partial charge in [0.15, 0.2) is 4.80 Å². The van der Waals surface area contributed by atoms with Gasteiger partial charge in [0.1, 0.15) is 11.6 Å². The van der Waals surface area contributed by atoms with Crippen LogP contribution in [-0.2, 0) is 4.79 Å². The molecule has 9 heteroatoms. The van der Waals surface area contributed by atoms with Gasteiger partial charge < -0.3 is 10.1 Å². The molecule has 1 aliphatic heterocycles. The second kappa shape index (κ2) is 10.3. The monoisotopic (exact) mass is 577 g/mol. The van der Waals surface area contributed by atoms with Gasteiger partial charge in [-0.2, -0.15) is 0 Å². The van der Waals surface area contributed by atoms with Gasteiger partial charge in [0.25, 0.3) is 11.5 Å². The van der Waals surface area contributed by atoms with Gasteiger partial charge in [-0.15, -0.1) is 0 Å². The number of hydrogen-bond acceptors (Lipinski definition) is 5. The third kappa shape index (κ3) is 4.92. The van der Waals surface area contributed by atoms with Crippen molar-refractivity contribution in [2.45, 2.75) is 13.0 Å². The lowest BCUT2D eigenvalue weighted by Crippen LogP contribution is -2.40. The Kier molecular flexibility index (Phi) is 6.90. The number of fused-ring (bicyclic) bond motifs is 1. The normalized spacial score (nSPS) is 15.2. The van der Waals surface area contributed by atoms with Crippen LogP contribution in [0.15, 0.2) is 98.3 Å². The fraction of sp³-hybridized carbons (Fsp3) is 0.107. The van der Waals surface area contributed by atoms with Crippen molar-refractivity contribution in [3.63, 3.8) is 0 Å². The van der Waals surface area contributed by atoms with Crippen molar-refractivity contribution in [1.82, 2.24) is 4.57 Å². The van der Waals surface area contributed by atoms with Gasteiger partial charge >= 0.3 is 0 Å². The Labute approximate surface area is 224 Å². The van der Waals surface area contributed by atoms with Gasteiger partial charge in [-0.05, 0) is 76.5 Å². The summed E-state index contributed by atoms with van der Waals surface area (Å²) in [5.41, 5.74) is 2.54. The Morgan fingerprint density at radius 2 is 1.86 bits per heavy atom. The summed E-state index contributed by atoms with van der Waals surface area (Å²) in [6, 6.07) is 19.6. The van der Waals surface area contributed by atoms with Gasteiger partial charge in [0, 0.05) is 5.69 Å². The topological polar surface area (TPSA) is 72.7 Å². The van der Waals surface area contributed by atoms with E-state index in [-0.39, 0.29) is 11.5 Å². The zero-order valence-electron chi connectivity index (χ0n) is 19.9. The minimum absolute atomic E-state index is 0.289. The number of methoxy groups -OCH3 is 1. The van der Waals surface area contributed by atoms with E-state index in [0.717, 1.165) is 10.0 Å². The minimum Gasteiger partial charge on any atom is -0.496 e. The Bertz CT molecular complexity index is 1710. The summed E-state index contributed by atoms with van der Waals surface area (Å²) in [6.07, 6.45) is 1.78. The van der Waals surface area contributed by atoms with Gasteiger partial charge in [-0.3, -0.25) is 14.2 Å². The maximum Gasteiger partial charge on any atom is 0.271 e. The number of allylic oxidation sites excluding steroid dienone is 1. The quantitative estimate of drug-likeness (QED) is 0.371. The van der Waals surface area contributed by atoms with E-state index in [1.807, 2.05) is 36.4 Å². The number of nitrogens with one attached hydrogen (secondary N) is 1. The van der Waals surface area contributed by atoms with Crippen molar-refractivity contribution in [2.24, 2.45) is 4.99 Å². The van der Waals surface area contributed by atoms with E-state index in [2.05, 4.69) is 26.2 Å². The van der Waals surface area contributed by atoms with Crippen LogP contribution in [0.2, 0.25) is 0 Å². The van der Waals surface area contributed by atoms with E-state index in [4.69, 9.17) is 4.74 Å². The van der Waals surface area contributed by atoms with Crippen LogP contribution in [0, 0.1) is 5.82 Å². The number of benzene rings is 3. The predicted octanol–water partition coefficient (Wildman–Crippen LogP) is 4.78. The molecule has 0 spiro atoms. The third-order valence-electron chi connectivity index (χ3n) is 5.96. The van der Waals surface area contributed by atoms with Crippen molar-refractivity contribution in [1.29, 1.82) is 0 Å². The highest BCUT2D eigenvalue weighted by molar-refractivity contribution is 9.10. The second-order valence-electron chi connectivity index (χ2n) is 8.35. The Morgan fingerprint density at radius 1 is 1.14 bits per heavy atom. The van der Waals surface area contributed by atoms with E-state index < -0.39 is 11.9 Å². The lowest BCUT2D eigenvalue weighted by atomic mass is 9.95. The molecule has 0 bridgehead atoms. The molecular weight excluding hydrogens is 557 g/mol. The van der Waals surface area contributed by atoms with Gasteiger partial charge in [0.2, 0.25) is 0 Å². The maximum atomic E-state index is 13.8. The first-order valence-corrected chi connectivity index (χ1v) is 12.9. The van der Waals surface area contributed by atoms with Crippen LogP contribution in [0.5, 0.6) is 5.75 Å². The van der Waals surface area contributed by atoms with E-state index in [0.29, 0.717) is 37.6 Å². The number of hydrogen-bond donors (Lipinski definition) is 1. The molecule has 0 radical (unpaired) electrons. The number of ether oxygens (including phenoxy) is 1. The summed E-state index contributed by atoms with van der Waals surface area (Å²) in [7, 11) is 1.58. The number of rotatable bonds is 5. The van der Waals surface area contributed by atoms with E-state index >= 15 is 0 Å². The van der Waals surface area contributed by atoms with Crippen LogP contribution in [0.3, 0.4) is 0 Å². The first-order valence-electron chi connectivity index (χ1n) is 11.3. The highest BCUT2D eigenvalue weighted by Gasteiger charge is 2.32. The van der Waals surface area contributed by atoms with E-state index in [1.165, 1.54) is 28.0 Å². The average Bonchev–Trinajstić information content (AvgIpc) is 3.18. The Morgan fingerprint density at radius 3 is 2.54 bits per heavy atom. The summed E-state index contributed by atoms with van der Waals surface area (Å²) in [6.45, 7) is 1.74. The van der Waals surface area contributed by atoms with Crippen LogP contribution in [0.4, 0.5) is 10.1 Å². The molecule has 1 unspecified atom stereocenters. The van der Waals surface area contributed by atoms with Crippen LogP contribution >= 0.6 is 27.3 Å². The molecular formula is C28H21BrFN3O3S. The number of carbonyl (C=O) groups excluding carboxylic acids is 1. The molecule has 6 nitrogen and oxygen atoms in total. The molecule has 5 rings (SSSR count). The second-order valence-corrected chi connectivity index (χ2v) is 10.2. The number of halogens is 2. The van der Waals surface area contributed by atoms with Crippen LogP contribution in [0.1, 0.15) is 24.1 Å². The first kappa shape index (κ1) is 24.9. The zero-order chi connectivity index (χ0) is 26.1. The number of nitrogens with zero attached hydrogens (tertiary/aromatic N) is 2. The zero-order valence-corrected chi connectivity index (χ0v) is 22.3. The fourth-order valence-corrected chi connectivity index (χ4v) is 5.82. The number of carbonyl (C=O) groups is 1. The lowest BCUT2D eigenvalue weighted by Gasteiger charge is -2.25. The SMILES string of the molecule is COc1ccc(/C=c2\sc3n(c2=O)C(c2ccc(F)cc2)C(C(=O)Nc2ccccc2)=C(C)N=3)cc1Br. The van der Waals surface area contributed by atoms with Crippen LogP contribution < -0.4 is 24.9 Å². The number of thiazole rings is 1. The molecule has 1 N–H and O–H groups in total. The summed E-state index contributed by atoms with van der Waals surface area (Å²) >= 11 is 4.71. The average molecular weight is 578 g/mol. The highest BCUT2D eigenvalue weighted by Crippen LogP contribution is 2.31. The first-order chi connectivity index (χ1) is 17.9. The van der Waals surface area contributed by atoms with Crippen molar-refractivity contribution >= 4 is 44.9 Å². The number of amides is 1. The molecule has 0 saturated heterocycles. The number of aromatic nitrogens is 1. The molecule has 186 valence electrons. The van der Waals surface area contributed by atoms with Crippen molar-refractivity contribution in [3.8, 4) is 5.75 Å². The molecule has 37 heavy (non-hydrogen) atoms. The molecule has 0 fully saturated rings.